The Hall–Kier alpha value is -1.44. The number of nitrogens with one attached hydrogen (secondary N) is 1. The average Bonchev–Trinajstić information content (AvgIpc) is 3.15. The smallest absolute Gasteiger partial charge is 0.230 e. The van der Waals surface area contributed by atoms with E-state index in [0.717, 1.165) is 30.4 Å². The molecule has 1 aliphatic heterocycles. The van der Waals surface area contributed by atoms with Crippen LogP contribution in [0.5, 0.6) is 0 Å². The van der Waals surface area contributed by atoms with Crippen molar-refractivity contribution in [2.45, 2.75) is 44.8 Å². The van der Waals surface area contributed by atoms with Crippen molar-refractivity contribution in [2.75, 3.05) is 25.4 Å². The number of hydrogen-bond acceptors (Lipinski definition) is 6. The summed E-state index contributed by atoms with van der Waals surface area (Å²) in [4.78, 5) is 25.0. The van der Waals surface area contributed by atoms with Crippen molar-refractivity contribution in [3.8, 4) is 0 Å². The minimum Gasteiger partial charge on any atom is -0.353 e. The van der Waals surface area contributed by atoms with Gasteiger partial charge in [-0.3, -0.25) is 9.69 Å². The molecule has 27 heavy (non-hydrogen) atoms. The Bertz CT molecular complexity index is 722. The molecule has 0 bridgehead atoms. The normalized spacial score (nSPS) is 17.0. The van der Waals surface area contributed by atoms with Crippen LogP contribution in [0.2, 0.25) is 0 Å². The van der Waals surface area contributed by atoms with Crippen LogP contribution in [-0.4, -0.2) is 46.2 Å². The Morgan fingerprint density at radius 2 is 2.04 bits per heavy atom. The number of rotatable bonds is 7. The molecule has 3 heterocycles. The van der Waals surface area contributed by atoms with Gasteiger partial charge in [-0.2, -0.15) is 0 Å². The van der Waals surface area contributed by atoms with Crippen molar-refractivity contribution in [2.24, 2.45) is 5.92 Å². The maximum absolute atomic E-state index is 12.4. The van der Waals surface area contributed by atoms with Crippen LogP contribution in [0.3, 0.4) is 0 Å². The Kier molecular flexibility index (Phi) is 7.26. The van der Waals surface area contributed by atoms with E-state index in [4.69, 9.17) is 0 Å². The third-order valence-corrected chi connectivity index (χ3v) is 6.74. The Labute approximate surface area is 170 Å². The van der Waals surface area contributed by atoms with Crippen molar-refractivity contribution in [3.05, 3.63) is 39.8 Å². The number of piperidine rings is 1. The number of thioether (sulfide) groups is 1. The molecule has 0 aliphatic carbocycles. The first-order valence-electron chi connectivity index (χ1n) is 9.50. The summed E-state index contributed by atoms with van der Waals surface area (Å²) in [5, 5.41) is 5.91. The summed E-state index contributed by atoms with van der Waals surface area (Å²) in [5.41, 5.74) is 1.87. The second-order valence-corrected chi connectivity index (χ2v) is 9.20. The number of nitrogens with zero attached hydrogens (tertiary/aromatic N) is 3. The monoisotopic (exact) mass is 404 g/mol. The van der Waals surface area contributed by atoms with Crippen molar-refractivity contribution in [1.29, 1.82) is 0 Å². The Balaban J connectivity index is 1.54. The van der Waals surface area contributed by atoms with Gasteiger partial charge in [0, 0.05) is 22.8 Å². The molecule has 1 aliphatic rings. The lowest BCUT2D eigenvalue weighted by Gasteiger charge is -2.36. The zero-order valence-electron chi connectivity index (χ0n) is 16.3. The number of hydrogen-bond donors (Lipinski definition) is 1. The Morgan fingerprint density at radius 1 is 1.33 bits per heavy atom. The van der Waals surface area contributed by atoms with Gasteiger partial charge in [-0.05, 0) is 63.2 Å². The second-order valence-electron chi connectivity index (χ2n) is 7.28. The lowest BCUT2D eigenvalue weighted by atomic mass is 9.97. The van der Waals surface area contributed by atoms with Crippen molar-refractivity contribution < 1.29 is 4.79 Å². The van der Waals surface area contributed by atoms with Crippen molar-refractivity contribution in [3.63, 3.8) is 0 Å². The van der Waals surface area contributed by atoms with E-state index in [1.165, 1.54) is 29.5 Å². The molecule has 7 heteroatoms. The molecule has 0 spiro atoms. The molecule has 2 aromatic rings. The fourth-order valence-corrected chi connectivity index (χ4v) is 5.02. The van der Waals surface area contributed by atoms with Crippen LogP contribution in [0.1, 0.15) is 42.1 Å². The van der Waals surface area contributed by atoms with Gasteiger partial charge >= 0.3 is 0 Å². The molecular formula is C20H28N4OS2. The zero-order valence-corrected chi connectivity index (χ0v) is 17.9. The minimum absolute atomic E-state index is 0.0368. The van der Waals surface area contributed by atoms with Crippen molar-refractivity contribution >= 4 is 29.0 Å². The molecule has 1 unspecified atom stereocenters. The number of likely N-dealkylation sites (tertiary alicyclic amines) is 1. The lowest BCUT2D eigenvalue weighted by Crippen LogP contribution is -2.42. The topological polar surface area (TPSA) is 58.1 Å². The van der Waals surface area contributed by atoms with Crippen LogP contribution in [0.15, 0.2) is 28.7 Å². The number of amides is 1. The maximum atomic E-state index is 12.4. The molecule has 1 amide bonds. The fourth-order valence-electron chi connectivity index (χ4n) is 3.38. The molecule has 2 aromatic heterocycles. The van der Waals surface area contributed by atoms with E-state index in [0.29, 0.717) is 17.5 Å². The summed E-state index contributed by atoms with van der Waals surface area (Å²) in [5.74, 6) is 1.18. The van der Waals surface area contributed by atoms with E-state index in [-0.39, 0.29) is 11.9 Å². The van der Waals surface area contributed by atoms with Gasteiger partial charge in [0.15, 0.2) is 5.16 Å². The molecule has 146 valence electrons. The zero-order chi connectivity index (χ0) is 19.2. The second kappa shape index (κ2) is 9.66. The molecule has 1 N–H and O–H groups in total. The summed E-state index contributed by atoms with van der Waals surface area (Å²) in [6, 6.07) is 6.48. The van der Waals surface area contributed by atoms with E-state index in [1.807, 2.05) is 19.9 Å². The average molecular weight is 405 g/mol. The number of thiophene rings is 1. The first kappa shape index (κ1) is 20.3. The van der Waals surface area contributed by atoms with Gasteiger partial charge < -0.3 is 5.32 Å². The summed E-state index contributed by atoms with van der Waals surface area (Å²) < 4.78 is 0. The SMILES string of the molecule is Cc1cc(C)nc(SCC(=O)NCC(c2cccs2)N2CCC(C)CC2)n1. The maximum Gasteiger partial charge on any atom is 0.230 e. The first-order chi connectivity index (χ1) is 13.0. The molecular weight excluding hydrogens is 376 g/mol. The van der Waals surface area contributed by atoms with E-state index in [9.17, 15) is 4.79 Å². The molecule has 0 radical (unpaired) electrons. The van der Waals surface area contributed by atoms with Gasteiger partial charge in [0.1, 0.15) is 0 Å². The Morgan fingerprint density at radius 3 is 2.67 bits per heavy atom. The summed E-state index contributed by atoms with van der Waals surface area (Å²) in [7, 11) is 0. The van der Waals surface area contributed by atoms with Crippen LogP contribution >= 0.6 is 23.1 Å². The number of aromatic nitrogens is 2. The number of carbonyl (C=O) groups excluding carboxylic acids is 1. The molecule has 1 atom stereocenters. The lowest BCUT2D eigenvalue weighted by molar-refractivity contribution is -0.118. The fraction of sp³-hybridized carbons (Fsp3) is 0.550. The third-order valence-electron chi connectivity index (χ3n) is 4.92. The highest BCUT2D eigenvalue weighted by Crippen LogP contribution is 2.29. The standard InChI is InChI=1S/C20H28N4OS2/c1-14-6-8-24(9-7-14)17(18-5-4-10-26-18)12-21-19(25)13-27-20-22-15(2)11-16(3)23-20/h4-5,10-11,14,17H,6-9,12-13H2,1-3H3,(H,21,25). The van der Waals surface area contributed by atoms with Gasteiger partial charge in [-0.15, -0.1) is 11.3 Å². The molecule has 0 aromatic carbocycles. The van der Waals surface area contributed by atoms with Crippen LogP contribution in [0.25, 0.3) is 0 Å². The molecule has 5 nitrogen and oxygen atoms in total. The van der Waals surface area contributed by atoms with Crippen LogP contribution in [0.4, 0.5) is 0 Å². The van der Waals surface area contributed by atoms with E-state index in [1.54, 1.807) is 11.3 Å². The first-order valence-corrected chi connectivity index (χ1v) is 11.4. The largest absolute Gasteiger partial charge is 0.353 e. The van der Waals surface area contributed by atoms with Gasteiger partial charge in [0.2, 0.25) is 5.91 Å². The highest BCUT2D eigenvalue weighted by molar-refractivity contribution is 7.99. The third kappa shape index (κ3) is 6.02. The molecule has 1 fully saturated rings. The summed E-state index contributed by atoms with van der Waals surface area (Å²) in [6.45, 7) is 9.08. The van der Waals surface area contributed by atoms with Gasteiger partial charge in [-0.25, -0.2) is 9.97 Å². The van der Waals surface area contributed by atoms with Gasteiger partial charge in [-0.1, -0.05) is 24.8 Å². The summed E-state index contributed by atoms with van der Waals surface area (Å²) >= 11 is 3.17. The van der Waals surface area contributed by atoms with E-state index >= 15 is 0 Å². The molecule has 1 saturated heterocycles. The molecule has 3 rings (SSSR count). The van der Waals surface area contributed by atoms with Crippen molar-refractivity contribution in [1.82, 2.24) is 20.2 Å². The highest BCUT2D eigenvalue weighted by Gasteiger charge is 2.25. The molecule has 0 saturated carbocycles. The van der Waals surface area contributed by atoms with Crippen LogP contribution < -0.4 is 5.32 Å². The van der Waals surface area contributed by atoms with E-state index < -0.39 is 0 Å². The summed E-state index contributed by atoms with van der Waals surface area (Å²) in [6.07, 6.45) is 2.46. The van der Waals surface area contributed by atoms with Crippen LogP contribution in [0, 0.1) is 19.8 Å². The quantitative estimate of drug-likeness (QED) is 0.561. The number of aryl methyl sites for hydroxylation is 2. The van der Waals surface area contributed by atoms with E-state index in [2.05, 4.69) is 44.6 Å². The van der Waals surface area contributed by atoms with Gasteiger partial charge in [0.25, 0.3) is 0 Å². The van der Waals surface area contributed by atoms with Gasteiger partial charge in [0.05, 0.1) is 11.8 Å². The highest BCUT2D eigenvalue weighted by atomic mass is 32.2. The minimum atomic E-state index is 0.0368. The van der Waals surface area contributed by atoms with Crippen LogP contribution in [-0.2, 0) is 4.79 Å². The number of carbonyl (C=O) groups is 1. The predicted molar refractivity (Wildman–Crippen MR) is 112 cm³/mol. The predicted octanol–water partition coefficient (Wildman–Crippen LogP) is 3.84.